The lowest BCUT2D eigenvalue weighted by atomic mass is 10.1. The highest BCUT2D eigenvalue weighted by Gasteiger charge is 2.28. The van der Waals surface area contributed by atoms with Gasteiger partial charge in [-0.2, -0.15) is 0 Å². The van der Waals surface area contributed by atoms with Crippen molar-refractivity contribution in [1.29, 1.82) is 0 Å². The number of anilines is 3. The van der Waals surface area contributed by atoms with Gasteiger partial charge >= 0.3 is 11.9 Å². The van der Waals surface area contributed by atoms with Gasteiger partial charge in [0.05, 0.1) is 17.7 Å². The van der Waals surface area contributed by atoms with E-state index < -0.39 is 11.8 Å². The third-order valence-electron chi connectivity index (χ3n) is 11.2. The molecule has 0 radical (unpaired) electrons. The van der Waals surface area contributed by atoms with E-state index >= 15 is 0 Å². The summed E-state index contributed by atoms with van der Waals surface area (Å²) in [5, 5.41) is 24.0. The number of carbonyl (C=O) groups is 4. The first-order valence-electron chi connectivity index (χ1n) is 24.1. The van der Waals surface area contributed by atoms with Crippen molar-refractivity contribution < 1.29 is 42.9 Å². The Bertz CT molecular complexity index is 3020. The Labute approximate surface area is 487 Å². The van der Waals surface area contributed by atoms with E-state index in [0.29, 0.717) is 80.7 Å². The lowest BCUT2D eigenvalue weighted by molar-refractivity contribution is -0.147. The average Bonchev–Trinajstić information content (AvgIpc) is 3.86. The Morgan fingerprint density at radius 3 is 1.58 bits per heavy atom. The van der Waals surface area contributed by atoms with Crippen LogP contribution in [-0.4, -0.2) is 91.2 Å². The van der Waals surface area contributed by atoms with Crippen LogP contribution in [0.15, 0.2) is 134 Å². The topological polar surface area (TPSA) is 241 Å². The van der Waals surface area contributed by atoms with Gasteiger partial charge in [0.25, 0.3) is 11.8 Å². The zero-order valence-corrected chi connectivity index (χ0v) is 49.0. The van der Waals surface area contributed by atoms with E-state index in [1.807, 2.05) is 78.9 Å². The number of nitrogens with two attached hydrogens (primary N) is 1. The summed E-state index contributed by atoms with van der Waals surface area (Å²) < 4.78 is 31.0. The van der Waals surface area contributed by atoms with E-state index in [1.165, 1.54) is 35.4 Å². The number of cyclic esters (lactones) is 1. The summed E-state index contributed by atoms with van der Waals surface area (Å²) >= 11 is 6.27. The minimum absolute atomic E-state index is 0.122. The molecule has 0 atom stereocenters. The quantitative estimate of drug-likeness (QED) is 0.0296. The van der Waals surface area contributed by atoms with Crippen molar-refractivity contribution in [3.8, 4) is 5.75 Å². The number of benzene rings is 4. The second kappa shape index (κ2) is 32.9. The summed E-state index contributed by atoms with van der Waals surface area (Å²) in [6, 6.07) is 35.4. The fraction of sp³-hybridized carbons (Fsp3) is 0.232. The molecular weight excluding hydrogens is 1330 g/mol. The molecule has 0 fully saturated rings. The van der Waals surface area contributed by atoms with Crippen molar-refractivity contribution >= 4 is 109 Å². The Morgan fingerprint density at radius 2 is 1.10 bits per heavy atom. The number of pyridine rings is 3. The van der Waals surface area contributed by atoms with Crippen LogP contribution in [0.4, 0.5) is 21.8 Å². The number of halogens is 4. The molecule has 4 heterocycles. The Kier molecular flexibility index (Phi) is 26.2. The van der Waals surface area contributed by atoms with Crippen molar-refractivity contribution in [1.82, 2.24) is 25.6 Å². The number of aliphatic hydroxyl groups excluding tert-OH is 1. The monoisotopic (exact) mass is 1390 g/mol. The molecule has 17 nitrogen and oxygen atoms in total. The standard InChI is InChI=1S/C24H23FIN3O4.C16H18IN3O2.C8H7IN2O2.C8H11N/c1-27-23-22(24(31)28-12-11-16-5-3-2-4-6-16)19(20(26)13-29-23)14-33-21(30)15-32-18-9-7-17(25)8-10-18;1-18-15-14(12(10-21)13(17)9-20-15)16(22)19-8-7-11-5-3-2-4-6-11;1-10-7-6-4(3-13-8(6)12)5(9)2-11-7;9-7-6-8-4-2-1-3-5-8/h2-10,13H,11-12,14-15H2,1H3,(H,27,29)(H,28,31);2-6,9,21H,7-8,10H2,1H3,(H,18,20)(H,19,22);2H,3H2,1H3,(H,10,11);1-5H,6-7,9H2. The smallest absolute Gasteiger partial charge is 0.344 e. The number of hydrogen-bond acceptors (Lipinski definition) is 15. The van der Waals surface area contributed by atoms with Crippen LogP contribution in [0.5, 0.6) is 5.75 Å². The largest absolute Gasteiger partial charge is 0.482 e. The van der Waals surface area contributed by atoms with Crippen molar-refractivity contribution in [2.75, 3.05) is 63.3 Å². The highest BCUT2D eigenvalue weighted by atomic mass is 127. The average molecular weight is 1390 g/mol. The summed E-state index contributed by atoms with van der Waals surface area (Å²) in [6.45, 7) is 1.42. The number of amides is 2. The number of nitrogens with zero attached hydrogens (tertiary/aromatic N) is 3. The first-order valence-corrected chi connectivity index (χ1v) is 27.3. The third kappa shape index (κ3) is 19.1. The van der Waals surface area contributed by atoms with Crippen molar-refractivity contribution in [3.63, 3.8) is 0 Å². The lowest BCUT2D eigenvalue weighted by Gasteiger charge is -2.16. The number of fused-ring (bicyclic) bond motifs is 1. The van der Waals surface area contributed by atoms with Crippen LogP contribution in [0.2, 0.25) is 0 Å². The van der Waals surface area contributed by atoms with Crippen molar-refractivity contribution in [2.24, 2.45) is 5.73 Å². The van der Waals surface area contributed by atoms with Gasteiger partial charge in [-0.15, -0.1) is 0 Å². The molecular formula is C56H59FI3N9O8. The van der Waals surface area contributed by atoms with E-state index in [0.717, 1.165) is 37.7 Å². The molecule has 21 heteroatoms. The lowest BCUT2D eigenvalue weighted by Crippen LogP contribution is -2.28. The van der Waals surface area contributed by atoms with Crippen LogP contribution in [-0.2, 0) is 53.4 Å². The highest BCUT2D eigenvalue weighted by molar-refractivity contribution is 14.1. The van der Waals surface area contributed by atoms with Gasteiger partial charge in [-0.3, -0.25) is 9.59 Å². The Balaban J connectivity index is 0.000000211. The molecule has 77 heavy (non-hydrogen) atoms. The van der Waals surface area contributed by atoms with E-state index in [2.05, 4.69) is 121 Å². The molecule has 3 aromatic heterocycles. The molecule has 0 bridgehead atoms. The molecule has 8 N–H and O–H groups in total. The van der Waals surface area contributed by atoms with Crippen LogP contribution in [0.3, 0.4) is 0 Å². The maximum atomic E-state index is 13.0. The molecule has 0 unspecified atom stereocenters. The molecule has 404 valence electrons. The number of ether oxygens (including phenoxy) is 3. The fourth-order valence-corrected chi connectivity index (χ4v) is 9.00. The van der Waals surface area contributed by atoms with E-state index in [9.17, 15) is 28.7 Å². The summed E-state index contributed by atoms with van der Waals surface area (Å²) in [7, 11) is 5.11. The number of esters is 2. The molecule has 0 spiro atoms. The molecule has 0 saturated carbocycles. The van der Waals surface area contributed by atoms with Crippen LogP contribution < -0.4 is 37.1 Å². The molecule has 0 aliphatic carbocycles. The van der Waals surface area contributed by atoms with Gasteiger partial charge in [-0.1, -0.05) is 91.0 Å². The summed E-state index contributed by atoms with van der Waals surface area (Å²) in [4.78, 5) is 61.5. The normalized spacial score (nSPS) is 10.8. The molecule has 8 rings (SSSR count). The number of aliphatic hydroxyl groups is 1. The SMILES string of the molecule is CNc1ncc(I)c(CO)c1C(=O)NCCc1ccccc1.CNc1ncc(I)c(COC(=O)COc2ccc(F)cc2)c1C(=O)NCCc1ccccc1.CNc1ncc(I)c2c1C(=O)OC2.NCCc1ccccc1. The summed E-state index contributed by atoms with van der Waals surface area (Å²) in [5.41, 5.74) is 12.3. The maximum Gasteiger partial charge on any atom is 0.344 e. The highest BCUT2D eigenvalue weighted by Crippen LogP contribution is 2.29. The van der Waals surface area contributed by atoms with E-state index in [4.69, 9.17) is 19.9 Å². The minimum atomic E-state index is -0.617. The van der Waals surface area contributed by atoms with Gasteiger partial charge in [-0.25, -0.2) is 28.9 Å². The van der Waals surface area contributed by atoms with E-state index in [-0.39, 0.29) is 37.6 Å². The maximum absolute atomic E-state index is 13.0. The second-order valence-corrected chi connectivity index (χ2v) is 19.8. The van der Waals surface area contributed by atoms with Crippen molar-refractivity contribution in [3.05, 3.63) is 200 Å². The van der Waals surface area contributed by atoms with Crippen LogP contribution >= 0.6 is 67.8 Å². The predicted octanol–water partition coefficient (Wildman–Crippen LogP) is 8.74. The number of hydrogen-bond donors (Lipinski definition) is 7. The van der Waals surface area contributed by atoms with E-state index in [1.54, 1.807) is 39.7 Å². The van der Waals surface area contributed by atoms with Gasteiger partial charge in [0, 0.05) is 80.2 Å². The Morgan fingerprint density at radius 1 is 0.649 bits per heavy atom. The van der Waals surface area contributed by atoms with Gasteiger partial charge in [0.1, 0.15) is 47.8 Å². The predicted molar refractivity (Wildman–Crippen MR) is 320 cm³/mol. The Hall–Kier alpha value is -6.55. The summed E-state index contributed by atoms with van der Waals surface area (Å²) in [5.74, 6) is -0.0280. The fourth-order valence-electron chi connectivity index (χ4n) is 7.29. The van der Waals surface area contributed by atoms with Gasteiger partial charge in [-0.05, 0) is 135 Å². The molecule has 2 amide bonds. The molecule has 1 aliphatic heterocycles. The molecule has 1 aliphatic rings. The number of aromatic nitrogens is 3. The van der Waals surface area contributed by atoms with Crippen LogP contribution in [0, 0.1) is 16.5 Å². The van der Waals surface area contributed by atoms with Gasteiger partial charge in [0.15, 0.2) is 6.61 Å². The number of rotatable bonds is 19. The van der Waals surface area contributed by atoms with Gasteiger partial charge in [0.2, 0.25) is 0 Å². The molecule has 4 aromatic carbocycles. The summed E-state index contributed by atoms with van der Waals surface area (Å²) in [6.07, 6.45) is 7.40. The minimum Gasteiger partial charge on any atom is -0.482 e. The van der Waals surface area contributed by atoms with Crippen LogP contribution in [0.1, 0.15) is 64.5 Å². The first kappa shape index (κ1) is 61.3. The van der Waals surface area contributed by atoms with Crippen LogP contribution in [0.25, 0.3) is 0 Å². The second-order valence-electron chi connectivity index (χ2n) is 16.3. The molecule has 0 saturated heterocycles. The van der Waals surface area contributed by atoms with Gasteiger partial charge < -0.3 is 51.6 Å². The number of nitrogens with one attached hydrogen (secondary N) is 5. The first-order chi connectivity index (χ1) is 37.3. The zero-order valence-electron chi connectivity index (χ0n) is 42.5. The molecule has 7 aromatic rings. The zero-order chi connectivity index (χ0) is 55.5. The van der Waals surface area contributed by atoms with Crippen molar-refractivity contribution in [2.45, 2.75) is 39.1 Å². The number of carbonyl (C=O) groups excluding carboxylic acids is 4. The third-order valence-corrected chi connectivity index (χ3v) is 14.0.